The molecule has 1 amide bonds. The van der Waals surface area contributed by atoms with Crippen molar-refractivity contribution in [1.82, 2.24) is 10.2 Å². The molecule has 4 rings (SSSR count). The van der Waals surface area contributed by atoms with E-state index >= 15 is 0 Å². The molecule has 2 aromatic carbocycles. The monoisotopic (exact) mass is 552 g/mol. The Morgan fingerprint density at radius 2 is 1.50 bits per heavy atom. The van der Waals surface area contributed by atoms with Crippen LogP contribution in [0, 0.1) is 5.92 Å². The van der Waals surface area contributed by atoms with Crippen molar-refractivity contribution in [3.63, 3.8) is 0 Å². The third-order valence-electron chi connectivity index (χ3n) is 8.05. The Bertz CT molecular complexity index is 1070. The number of carbonyl (C=O) groups is 2. The molecular formula is C32H44N2O6. The van der Waals surface area contributed by atoms with Crippen LogP contribution < -0.4 is 5.32 Å². The second-order valence-corrected chi connectivity index (χ2v) is 11.2. The number of likely N-dealkylation sites (tertiary alicyclic amines) is 1. The van der Waals surface area contributed by atoms with Crippen molar-refractivity contribution in [1.29, 1.82) is 0 Å². The van der Waals surface area contributed by atoms with Gasteiger partial charge < -0.3 is 29.9 Å². The number of ether oxygens (including phenoxy) is 2. The van der Waals surface area contributed by atoms with Crippen molar-refractivity contribution in [3.8, 4) is 0 Å². The maximum Gasteiger partial charge on any atom is 0.303 e. The number of carbonyl (C=O) groups excluding carboxylic acids is 1. The Hall–Kier alpha value is -2.78. The molecule has 0 unspecified atom stereocenters. The molecule has 2 fully saturated rings. The number of carboxylic acids is 1. The van der Waals surface area contributed by atoms with Crippen molar-refractivity contribution >= 4 is 11.9 Å². The number of nitrogens with one attached hydrogen (secondary N) is 1. The van der Waals surface area contributed by atoms with Crippen LogP contribution in [0.4, 0.5) is 0 Å². The van der Waals surface area contributed by atoms with E-state index in [1.54, 1.807) is 0 Å². The van der Waals surface area contributed by atoms with Crippen LogP contribution in [0.3, 0.4) is 0 Å². The maximum atomic E-state index is 12.0. The smallest absolute Gasteiger partial charge is 0.303 e. The molecule has 8 nitrogen and oxygen atoms in total. The minimum Gasteiger partial charge on any atom is -0.481 e. The molecule has 0 radical (unpaired) electrons. The van der Waals surface area contributed by atoms with Gasteiger partial charge in [0.1, 0.15) is 0 Å². The van der Waals surface area contributed by atoms with Crippen LogP contribution in [-0.4, -0.2) is 52.7 Å². The molecule has 2 heterocycles. The van der Waals surface area contributed by atoms with E-state index < -0.39 is 12.3 Å². The molecule has 2 aliphatic heterocycles. The van der Waals surface area contributed by atoms with E-state index in [2.05, 4.69) is 17.1 Å². The van der Waals surface area contributed by atoms with E-state index in [0.717, 1.165) is 41.9 Å². The zero-order chi connectivity index (χ0) is 28.3. The van der Waals surface area contributed by atoms with Gasteiger partial charge in [-0.3, -0.25) is 9.59 Å². The van der Waals surface area contributed by atoms with Gasteiger partial charge >= 0.3 is 5.97 Å². The molecule has 218 valence electrons. The Balaban J connectivity index is 1.44. The summed E-state index contributed by atoms with van der Waals surface area (Å²) in [6.45, 7) is 5.68. The minimum absolute atomic E-state index is 0.00506. The second-order valence-electron chi connectivity index (χ2n) is 11.2. The van der Waals surface area contributed by atoms with Gasteiger partial charge in [-0.15, -0.1) is 0 Å². The number of carboxylic acid groups (broad SMARTS) is 1. The fourth-order valence-corrected chi connectivity index (χ4v) is 5.56. The predicted octanol–water partition coefficient (Wildman–Crippen LogP) is 5.11. The van der Waals surface area contributed by atoms with Gasteiger partial charge in [0.05, 0.1) is 18.8 Å². The van der Waals surface area contributed by atoms with Crippen LogP contribution in [0.2, 0.25) is 0 Å². The van der Waals surface area contributed by atoms with Gasteiger partial charge in [0.15, 0.2) is 6.29 Å². The molecule has 3 N–H and O–H groups in total. The topological polar surface area (TPSA) is 108 Å². The quantitative estimate of drug-likeness (QED) is 0.356. The number of aliphatic hydroxyl groups is 1. The third kappa shape index (κ3) is 8.86. The van der Waals surface area contributed by atoms with Crippen molar-refractivity contribution < 1.29 is 29.3 Å². The summed E-state index contributed by atoms with van der Waals surface area (Å²) in [6.07, 6.45) is 6.23. The molecule has 2 saturated heterocycles. The minimum atomic E-state index is -0.890. The molecular weight excluding hydrogens is 508 g/mol. The number of aliphatic carboxylic acids is 1. The maximum absolute atomic E-state index is 12.0. The molecule has 0 spiro atoms. The lowest BCUT2D eigenvalue weighted by Gasteiger charge is -2.43. The van der Waals surface area contributed by atoms with Crippen LogP contribution in [0.15, 0.2) is 48.5 Å². The van der Waals surface area contributed by atoms with E-state index in [4.69, 9.17) is 14.6 Å². The summed E-state index contributed by atoms with van der Waals surface area (Å²) < 4.78 is 13.2. The third-order valence-corrected chi connectivity index (χ3v) is 8.05. The lowest BCUT2D eigenvalue weighted by Crippen LogP contribution is -2.45. The highest BCUT2D eigenvalue weighted by molar-refractivity contribution is 5.76. The molecule has 8 heteroatoms. The molecule has 0 aromatic heterocycles. The number of hydrogen-bond acceptors (Lipinski definition) is 6. The van der Waals surface area contributed by atoms with Crippen molar-refractivity contribution in [3.05, 3.63) is 70.8 Å². The normalized spacial score (nSPS) is 24.1. The van der Waals surface area contributed by atoms with Crippen LogP contribution in [-0.2, 0) is 32.2 Å². The zero-order valence-electron chi connectivity index (χ0n) is 23.6. The molecule has 2 aromatic rings. The average molecular weight is 553 g/mol. The first-order chi connectivity index (χ1) is 19.4. The second kappa shape index (κ2) is 15.3. The highest BCUT2D eigenvalue weighted by atomic mass is 16.7. The number of nitrogens with zero attached hydrogens (tertiary/aromatic N) is 1. The summed E-state index contributed by atoms with van der Waals surface area (Å²) in [5.41, 5.74) is 3.84. The fraction of sp³-hybridized carbons (Fsp3) is 0.562. The summed E-state index contributed by atoms with van der Waals surface area (Å²) in [5.74, 6) is -0.892. The molecule has 0 saturated carbocycles. The highest BCUT2D eigenvalue weighted by Crippen LogP contribution is 2.42. The number of benzene rings is 2. The van der Waals surface area contributed by atoms with E-state index in [9.17, 15) is 14.7 Å². The first kappa shape index (κ1) is 30.2. The van der Waals surface area contributed by atoms with E-state index in [1.165, 1.54) is 32.1 Å². The van der Waals surface area contributed by atoms with Crippen molar-refractivity contribution in [2.24, 2.45) is 5.92 Å². The Labute approximate surface area is 237 Å². The summed E-state index contributed by atoms with van der Waals surface area (Å²) >= 11 is 0. The molecule has 40 heavy (non-hydrogen) atoms. The number of amides is 1. The van der Waals surface area contributed by atoms with E-state index in [0.29, 0.717) is 13.0 Å². The van der Waals surface area contributed by atoms with Crippen LogP contribution in [0.25, 0.3) is 0 Å². The Morgan fingerprint density at radius 3 is 2.15 bits per heavy atom. The van der Waals surface area contributed by atoms with Gasteiger partial charge in [-0.2, -0.15) is 0 Å². The van der Waals surface area contributed by atoms with Crippen LogP contribution >= 0.6 is 0 Å². The van der Waals surface area contributed by atoms with Gasteiger partial charge in [0.2, 0.25) is 5.91 Å². The van der Waals surface area contributed by atoms with E-state index in [1.807, 2.05) is 48.5 Å². The standard InChI is InChI=1S/C32H44N2O6/c1-23-28(21-34-18-5-3-2-4-6-19-34)39-32(40-31(23)26-14-12-25(22-35)13-15-26)27-16-10-24(11-17-27)20-33-29(36)8-7-9-30(37)38/h10-17,23,28,31-32,35H,2-9,18-22H2,1H3,(H,33,36)(H,37,38)/t23-,28+,31+,32+/m1/s1. The average Bonchev–Trinajstić information content (AvgIpc) is 2.94. The summed E-state index contributed by atoms with van der Waals surface area (Å²) in [5, 5.41) is 21.1. The molecule has 2 aliphatic rings. The predicted molar refractivity (Wildman–Crippen MR) is 152 cm³/mol. The molecule has 0 bridgehead atoms. The summed E-state index contributed by atoms with van der Waals surface area (Å²) in [4.78, 5) is 25.2. The first-order valence-electron chi connectivity index (χ1n) is 14.7. The zero-order valence-corrected chi connectivity index (χ0v) is 23.6. The molecule has 0 aliphatic carbocycles. The highest BCUT2D eigenvalue weighted by Gasteiger charge is 2.39. The van der Waals surface area contributed by atoms with Gasteiger partial charge in [0.25, 0.3) is 0 Å². The fourth-order valence-electron chi connectivity index (χ4n) is 5.56. The first-order valence-corrected chi connectivity index (χ1v) is 14.7. The lowest BCUT2D eigenvalue weighted by molar-refractivity contribution is -0.276. The largest absolute Gasteiger partial charge is 0.481 e. The van der Waals surface area contributed by atoms with Gasteiger partial charge in [-0.05, 0) is 49.0 Å². The summed E-state index contributed by atoms with van der Waals surface area (Å²) in [6, 6.07) is 15.9. The van der Waals surface area contributed by atoms with Gasteiger partial charge in [0, 0.05) is 37.4 Å². The molecule has 4 atom stereocenters. The van der Waals surface area contributed by atoms with Crippen LogP contribution in [0.5, 0.6) is 0 Å². The Kier molecular flexibility index (Phi) is 11.5. The van der Waals surface area contributed by atoms with Gasteiger partial charge in [-0.1, -0.05) is 74.7 Å². The SMILES string of the molecule is C[C@@H]1[C@H](CN2CCCCCCC2)O[C@H](c2ccc(CNC(=O)CCCC(=O)O)cc2)O[C@@H]1c1ccc(CO)cc1. The Morgan fingerprint density at radius 1 is 0.875 bits per heavy atom. The van der Waals surface area contributed by atoms with Crippen molar-refractivity contribution in [2.45, 2.75) is 89.9 Å². The van der Waals surface area contributed by atoms with Gasteiger partial charge in [-0.25, -0.2) is 0 Å². The number of hydrogen-bond donors (Lipinski definition) is 3. The number of aliphatic hydroxyl groups excluding tert-OH is 1. The van der Waals surface area contributed by atoms with E-state index in [-0.39, 0.29) is 43.5 Å². The summed E-state index contributed by atoms with van der Waals surface area (Å²) in [7, 11) is 0. The number of rotatable bonds is 11. The lowest BCUT2D eigenvalue weighted by atomic mass is 9.89. The van der Waals surface area contributed by atoms with Crippen molar-refractivity contribution in [2.75, 3.05) is 19.6 Å². The van der Waals surface area contributed by atoms with Crippen LogP contribution in [0.1, 0.15) is 92.9 Å².